The molecule has 21 heavy (non-hydrogen) atoms. The predicted octanol–water partition coefficient (Wildman–Crippen LogP) is 1.45. The van der Waals surface area contributed by atoms with E-state index in [1.165, 1.54) is 6.92 Å². The molecule has 1 heterocycles. The summed E-state index contributed by atoms with van der Waals surface area (Å²) in [4.78, 5) is 35.7. The number of unbranched alkanes of at least 4 members (excludes halogenated alkanes) is 2. The first-order chi connectivity index (χ1) is 9.97. The second-order valence-electron chi connectivity index (χ2n) is 5.14. The van der Waals surface area contributed by atoms with Gasteiger partial charge in [-0.3, -0.25) is 9.59 Å². The standard InChI is InChI=1S/C14H24N2O4S/c1-3-13-16(11(9-21-13)14(19)20)12(18)7-5-4-6-8-15-10(2)17/h11,13H,3-9H2,1-2H3,(H,15,17)(H,19,20). The molecule has 2 amide bonds. The SMILES string of the molecule is CCC1SCC(C(=O)O)N1C(=O)CCCCCNC(C)=O. The summed E-state index contributed by atoms with van der Waals surface area (Å²) in [5.74, 6) is -0.561. The average molecular weight is 316 g/mol. The summed E-state index contributed by atoms with van der Waals surface area (Å²) in [5, 5.41) is 11.9. The topological polar surface area (TPSA) is 86.7 Å². The zero-order chi connectivity index (χ0) is 15.8. The molecule has 0 saturated carbocycles. The number of thioether (sulfide) groups is 1. The predicted molar refractivity (Wildman–Crippen MR) is 82.0 cm³/mol. The third-order valence-electron chi connectivity index (χ3n) is 3.46. The minimum absolute atomic E-state index is 0.0158. The van der Waals surface area contributed by atoms with Gasteiger partial charge in [-0.25, -0.2) is 4.79 Å². The lowest BCUT2D eigenvalue weighted by Crippen LogP contribution is -2.45. The van der Waals surface area contributed by atoms with E-state index in [0.29, 0.717) is 18.7 Å². The van der Waals surface area contributed by atoms with Crippen molar-refractivity contribution in [2.45, 2.75) is 57.4 Å². The minimum atomic E-state index is -0.919. The zero-order valence-electron chi connectivity index (χ0n) is 12.6. The van der Waals surface area contributed by atoms with Crippen molar-refractivity contribution in [2.75, 3.05) is 12.3 Å². The first-order valence-electron chi connectivity index (χ1n) is 7.37. The fourth-order valence-corrected chi connectivity index (χ4v) is 3.74. The van der Waals surface area contributed by atoms with Gasteiger partial charge in [0, 0.05) is 25.6 Å². The highest BCUT2D eigenvalue weighted by atomic mass is 32.2. The third-order valence-corrected chi connectivity index (χ3v) is 4.91. The lowest BCUT2D eigenvalue weighted by molar-refractivity contribution is -0.149. The highest BCUT2D eigenvalue weighted by Gasteiger charge is 2.40. The van der Waals surface area contributed by atoms with Gasteiger partial charge in [0.1, 0.15) is 6.04 Å². The first-order valence-corrected chi connectivity index (χ1v) is 8.42. The highest BCUT2D eigenvalue weighted by Crippen LogP contribution is 2.32. The zero-order valence-corrected chi connectivity index (χ0v) is 13.4. The van der Waals surface area contributed by atoms with Crippen molar-refractivity contribution in [3.05, 3.63) is 0 Å². The van der Waals surface area contributed by atoms with Crippen molar-refractivity contribution in [1.29, 1.82) is 0 Å². The molecule has 0 aromatic heterocycles. The fraction of sp³-hybridized carbons (Fsp3) is 0.786. The monoisotopic (exact) mass is 316 g/mol. The largest absolute Gasteiger partial charge is 0.480 e. The Balaban J connectivity index is 2.35. The van der Waals surface area contributed by atoms with Crippen molar-refractivity contribution >= 4 is 29.5 Å². The summed E-state index contributed by atoms with van der Waals surface area (Å²) >= 11 is 1.54. The lowest BCUT2D eigenvalue weighted by Gasteiger charge is -2.26. The van der Waals surface area contributed by atoms with Gasteiger partial charge < -0.3 is 15.3 Å². The molecule has 0 aromatic rings. The quantitative estimate of drug-likeness (QED) is 0.662. The summed E-state index contributed by atoms with van der Waals surface area (Å²) in [6.45, 7) is 4.07. The minimum Gasteiger partial charge on any atom is -0.480 e. The molecule has 1 aliphatic heterocycles. The molecule has 120 valence electrons. The Kier molecular flexibility index (Phi) is 7.56. The molecular formula is C14H24N2O4S. The first kappa shape index (κ1) is 17.8. The van der Waals surface area contributed by atoms with Gasteiger partial charge in [0.15, 0.2) is 0 Å². The molecule has 0 spiro atoms. The van der Waals surface area contributed by atoms with Gasteiger partial charge in [0.25, 0.3) is 0 Å². The lowest BCUT2D eigenvalue weighted by atomic mass is 10.1. The van der Waals surface area contributed by atoms with Crippen molar-refractivity contribution in [1.82, 2.24) is 10.2 Å². The van der Waals surface area contributed by atoms with E-state index in [1.54, 1.807) is 16.7 Å². The molecule has 1 rings (SSSR count). The second-order valence-corrected chi connectivity index (χ2v) is 6.36. The van der Waals surface area contributed by atoms with E-state index in [-0.39, 0.29) is 17.2 Å². The van der Waals surface area contributed by atoms with Crippen LogP contribution < -0.4 is 5.32 Å². The maximum absolute atomic E-state index is 12.2. The Morgan fingerprint density at radius 3 is 2.57 bits per heavy atom. The molecule has 1 saturated heterocycles. The smallest absolute Gasteiger partial charge is 0.327 e. The molecule has 7 heteroatoms. The Morgan fingerprint density at radius 2 is 2.00 bits per heavy atom. The van der Waals surface area contributed by atoms with Crippen LogP contribution in [0.4, 0.5) is 0 Å². The molecule has 0 aliphatic carbocycles. The number of amides is 2. The number of rotatable bonds is 8. The van der Waals surface area contributed by atoms with Crippen LogP contribution >= 0.6 is 11.8 Å². The van der Waals surface area contributed by atoms with Gasteiger partial charge in [-0.05, 0) is 19.3 Å². The van der Waals surface area contributed by atoms with Crippen LogP contribution in [0, 0.1) is 0 Å². The van der Waals surface area contributed by atoms with Crippen LogP contribution in [0.25, 0.3) is 0 Å². The number of hydrogen-bond donors (Lipinski definition) is 2. The average Bonchev–Trinajstić information content (AvgIpc) is 2.86. The maximum Gasteiger partial charge on any atom is 0.327 e. The Bertz CT molecular complexity index is 389. The number of carbonyl (C=O) groups excluding carboxylic acids is 2. The van der Waals surface area contributed by atoms with Gasteiger partial charge in [-0.2, -0.15) is 0 Å². The molecule has 0 bridgehead atoms. The van der Waals surface area contributed by atoms with E-state index in [9.17, 15) is 19.5 Å². The molecule has 2 unspecified atom stereocenters. The van der Waals surface area contributed by atoms with Crippen LogP contribution in [-0.4, -0.2) is 51.5 Å². The number of carboxylic acids is 1. The Hall–Kier alpha value is -1.24. The van der Waals surface area contributed by atoms with Crippen molar-refractivity contribution in [2.24, 2.45) is 0 Å². The van der Waals surface area contributed by atoms with E-state index in [1.807, 2.05) is 6.92 Å². The highest BCUT2D eigenvalue weighted by molar-refractivity contribution is 8.00. The molecule has 2 N–H and O–H groups in total. The van der Waals surface area contributed by atoms with Crippen LogP contribution in [0.2, 0.25) is 0 Å². The van der Waals surface area contributed by atoms with Gasteiger partial charge in [-0.15, -0.1) is 11.8 Å². The van der Waals surface area contributed by atoms with Gasteiger partial charge in [-0.1, -0.05) is 13.3 Å². The summed E-state index contributed by atoms with van der Waals surface area (Å²) in [6, 6.07) is -0.688. The normalized spacial score (nSPS) is 21.3. The van der Waals surface area contributed by atoms with Crippen LogP contribution in [-0.2, 0) is 14.4 Å². The van der Waals surface area contributed by atoms with Crippen molar-refractivity contribution in [3.63, 3.8) is 0 Å². The molecule has 6 nitrogen and oxygen atoms in total. The number of carbonyl (C=O) groups is 3. The van der Waals surface area contributed by atoms with Gasteiger partial charge >= 0.3 is 5.97 Å². The number of nitrogens with one attached hydrogen (secondary N) is 1. The second kappa shape index (κ2) is 8.92. The Morgan fingerprint density at radius 1 is 1.29 bits per heavy atom. The number of hydrogen-bond acceptors (Lipinski definition) is 4. The summed E-state index contributed by atoms with van der Waals surface area (Å²) in [5.41, 5.74) is 0. The van der Waals surface area contributed by atoms with Crippen molar-refractivity contribution < 1.29 is 19.5 Å². The summed E-state index contributed by atoms with van der Waals surface area (Å²) < 4.78 is 0. The molecule has 0 aromatic carbocycles. The molecule has 1 fully saturated rings. The summed E-state index contributed by atoms with van der Waals surface area (Å²) in [7, 11) is 0. The molecular weight excluding hydrogens is 292 g/mol. The Labute approximate surface area is 129 Å². The van der Waals surface area contributed by atoms with Crippen LogP contribution in [0.5, 0.6) is 0 Å². The van der Waals surface area contributed by atoms with E-state index in [0.717, 1.165) is 25.7 Å². The van der Waals surface area contributed by atoms with E-state index in [4.69, 9.17) is 0 Å². The van der Waals surface area contributed by atoms with Crippen LogP contribution in [0.15, 0.2) is 0 Å². The van der Waals surface area contributed by atoms with Crippen LogP contribution in [0.1, 0.15) is 46.0 Å². The number of nitrogens with zero attached hydrogens (tertiary/aromatic N) is 1. The number of carboxylic acid groups (broad SMARTS) is 1. The molecule has 0 radical (unpaired) electrons. The third kappa shape index (κ3) is 5.57. The maximum atomic E-state index is 12.2. The molecule has 1 aliphatic rings. The van der Waals surface area contributed by atoms with Crippen molar-refractivity contribution in [3.8, 4) is 0 Å². The van der Waals surface area contributed by atoms with E-state index < -0.39 is 12.0 Å². The summed E-state index contributed by atoms with van der Waals surface area (Å²) in [6.07, 6.45) is 3.55. The fourth-order valence-electron chi connectivity index (χ4n) is 2.37. The van der Waals surface area contributed by atoms with Gasteiger partial charge in [0.2, 0.25) is 11.8 Å². The van der Waals surface area contributed by atoms with Gasteiger partial charge in [0.05, 0.1) is 5.37 Å². The number of aliphatic carboxylic acids is 1. The van der Waals surface area contributed by atoms with Crippen LogP contribution in [0.3, 0.4) is 0 Å². The molecule has 2 atom stereocenters. The van der Waals surface area contributed by atoms with E-state index in [2.05, 4.69) is 5.32 Å². The van der Waals surface area contributed by atoms with E-state index >= 15 is 0 Å².